The van der Waals surface area contributed by atoms with Crippen LogP contribution >= 0.6 is 0 Å². The first-order chi connectivity index (χ1) is 18.4. The molecule has 38 heavy (non-hydrogen) atoms. The molecule has 1 aliphatic heterocycles. The molecular weight excluding hydrogens is 492 g/mol. The number of allylic oxidation sites excluding steroid dienone is 1. The van der Waals surface area contributed by atoms with Crippen LogP contribution < -0.4 is 21.3 Å². The number of rotatable bonds is 6. The van der Waals surface area contributed by atoms with Crippen LogP contribution in [0.5, 0.6) is 0 Å². The fourth-order valence-electron chi connectivity index (χ4n) is 3.88. The molecular formula is C28H19F2N5O3. The Labute approximate surface area is 215 Å². The van der Waals surface area contributed by atoms with E-state index in [1.807, 2.05) is 0 Å². The maximum atomic E-state index is 13.9. The molecule has 188 valence electrons. The van der Waals surface area contributed by atoms with Crippen LogP contribution in [-0.4, -0.2) is 22.6 Å². The van der Waals surface area contributed by atoms with Crippen LogP contribution in [0.25, 0.3) is 0 Å². The van der Waals surface area contributed by atoms with Crippen molar-refractivity contribution in [1.29, 1.82) is 0 Å². The van der Waals surface area contributed by atoms with Crippen molar-refractivity contribution >= 4 is 40.3 Å². The minimum Gasteiger partial charge on any atom is -0.339 e. The molecule has 1 aliphatic rings. The van der Waals surface area contributed by atoms with E-state index in [4.69, 9.17) is 0 Å². The van der Waals surface area contributed by atoms with E-state index in [1.165, 1.54) is 18.3 Å². The summed E-state index contributed by atoms with van der Waals surface area (Å²) in [4.78, 5) is 43.2. The van der Waals surface area contributed by atoms with E-state index in [-0.39, 0.29) is 22.5 Å². The summed E-state index contributed by atoms with van der Waals surface area (Å²) in [6.07, 6.45) is 3.08. The van der Waals surface area contributed by atoms with Gasteiger partial charge in [0, 0.05) is 29.1 Å². The number of nitrogens with one attached hydrogen (secondary N) is 4. The van der Waals surface area contributed by atoms with Crippen LogP contribution in [0, 0.1) is 11.6 Å². The standard InChI is InChI=1S/C28H19F2N5O3/c29-18-11-17(12-19(30)13-18)26(37)24(25(36)16-5-2-1-3-6-16)27-34-22-9-8-20(14-23(22)35-27)32-28(38)33-21-7-4-10-31-15-21/h1-15,34-35H,(H2,32,33,38)/b27-24+. The summed E-state index contributed by atoms with van der Waals surface area (Å²) in [6.45, 7) is 0. The first kappa shape index (κ1) is 24.3. The first-order valence-corrected chi connectivity index (χ1v) is 11.4. The third-order valence-corrected chi connectivity index (χ3v) is 5.58. The van der Waals surface area contributed by atoms with E-state index < -0.39 is 29.2 Å². The molecule has 2 heterocycles. The second-order valence-corrected chi connectivity index (χ2v) is 8.26. The predicted molar refractivity (Wildman–Crippen MR) is 139 cm³/mol. The third kappa shape index (κ3) is 5.24. The summed E-state index contributed by atoms with van der Waals surface area (Å²) in [5.41, 5.74) is 1.49. The van der Waals surface area contributed by atoms with Gasteiger partial charge in [-0.05, 0) is 42.5 Å². The van der Waals surface area contributed by atoms with Crippen molar-refractivity contribution in [3.05, 3.63) is 125 Å². The van der Waals surface area contributed by atoms with Crippen LogP contribution in [0.4, 0.5) is 36.3 Å². The number of anilines is 4. The number of pyridine rings is 1. The van der Waals surface area contributed by atoms with E-state index in [2.05, 4.69) is 26.3 Å². The number of aromatic nitrogens is 1. The number of carbonyl (C=O) groups is 3. The van der Waals surface area contributed by atoms with Gasteiger partial charge in [-0.1, -0.05) is 30.3 Å². The molecule has 2 amide bonds. The fraction of sp³-hybridized carbons (Fsp3) is 0. The van der Waals surface area contributed by atoms with Gasteiger partial charge in [0.25, 0.3) is 0 Å². The Balaban J connectivity index is 1.46. The van der Waals surface area contributed by atoms with Gasteiger partial charge in [-0.2, -0.15) is 0 Å². The highest BCUT2D eigenvalue weighted by Gasteiger charge is 2.30. The van der Waals surface area contributed by atoms with Crippen molar-refractivity contribution in [1.82, 2.24) is 4.98 Å². The van der Waals surface area contributed by atoms with Crippen molar-refractivity contribution < 1.29 is 23.2 Å². The number of amides is 2. The topological polar surface area (TPSA) is 112 Å². The van der Waals surface area contributed by atoms with E-state index in [0.717, 1.165) is 12.1 Å². The Hall–Kier alpha value is -5.38. The molecule has 0 bridgehead atoms. The number of halogens is 2. The summed E-state index contributed by atoms with van der Waals surface area (Å²) in [6, 6.07) is 18.2. The molecule has 1 aromatic heterocycles. The average Bonchev–Trinajstić information content (AvgIpc) is 3.32. The molecule has 8 nitrogen and oxygen atoms in total. The summed E-state index contributed by atoms with van der Waals surface area (Å²) >= 11 is 0. The smallest absolute Gasteiger partial charge is 0.323 e. The Morgan fingerprint density at radius 3 is 2.08 bits per heavy atom. The molecule has 3 aromatic carbocycles. The zero-order valence-electron chi connectivity index (χ0n) is 19.6. The maximum Gasteiger partial charge on any atom is 0.323 e. The Morgan fingerprint density at radius 1 is 0.684 bits per heavy atom. The van der Waals surface area contributed by atoms with Gasteiger partial charge in [-0.25, -0.2) is 13.6 Å². The number of Topliss-reactive ketones (excluding diaryl/α,β-unsaturated/α-hetero) is 2. The van der Waals surface area contributed by atoms with Crippen LogP contribution in [0.2, 0.25) is 0 Å². The number of fused-ring (bicyclic) bond motifs is 1. The second kappa shape index (κ2) is 10.3. The number of benzene rings is 3. The van der Waals surface area contributed by atoms with Gasteiger partial charge in [0.2, 0.25) is 11.6 Å². The molecule has 5 rings (SSSR count). The second-order valence-electron chi connectivity index (χ2n) is 8.26. The number of urea groups is 1. The molecule has 0 unspecified atom stereocenters. The molecule has 4 aromatic rings. The van der Waals surface area contributed by atoms with E-state index in [0.29, 0.717) is 28.8 Å². The third-order valence-electron chi connectivity index (χ3n) is 5.58. The Morgan fingerprint density at radius 2 is 1.37 bits per heavy atom. The molecule has 0 atom stereocenters. The number of ketones is 2. The van der Waals surface area contributed by atoms with Crippen LogP contribution in [0.3, 0.4) is 0 Å². The van der Waals surface area contributed by atoms with Gasteiger partial charge in [0.1, 0.15) is 23.0 Å². The highest BCUT2D eigenvalue weighted by atomic mass is 19.1. The lowest BCUT2D eigenvalue weighted by Crippen LogP contribution is -2.21. The Kier molecular flexibility index (Phi) is 6.60. The van der Waals surface area contributed by atoms with Crippen molar-refractivity contribution in [2.24, 2.45) is 0 Å². The molecule has 0 fully saturated rings. The molecule has 0 spiro atoms. The average molecular weight is 511 g/mol. The van der Waals surface area contributed by atoms with Gasteiger partial charge in [-0.15, -0.1) is 0 Å². The minimum absolute atomic E-state index is 0.0421. The zero-order valence-corrected chi connectivity index (χ0v) is 19.6. The van der Waals surface area contributed by atoms with E-state index in [9.17, 15) is 23.2 Å². The molecule has 10 heteroatoms. The number of carbonyl (C=O) groups excluding carboxylic acids is 3. The van der Waals surface area contributed by atoms with Gasteiger partial charge in [0.15, 0.2) is 0 Å². The lowest BCUT2D eigenvalue weighted by molar-refractivity contribution is 0.0960. The van der Waals surface area contributed by atoms with Crippen molar-refractivity contribution in [3.63, 3.8) is 0 Å². The van der Waals surface area contributed by atoms with Crippen LogP contribution in [-0.2, 0) is 0 Å². The highest BCUT2D eigenvalue weighted by Crippen LogP contribution is 2.35. The molecule has 0 saturated heterocycles. The van der Waals surface area contributed by atoms with Crippen LogP contribution in [0.1, 0.15) is 20.7 Å². The number of nitrogens with zero attached hydrogens (tertiary/aromatic N) is 1. The molecule has 0 saturated carbocycles. The largest absolute Gasteiger partial charge is 0.339 e. The minimum atomic E-state index is -0.944. The lowest BCUT2D eigenvalue weighted by Gasteiger charge is -2.11. The lowest BCUT2D eigenvalue weighted by atomic mass is 9.95. The summed E-state index contributed by atoms with van der Waals surface area (Å²) < 4.78 is 27.8. The van der Waals surface area contributed by atoms with Gasteiger partial charge >= 0.3 is 6.03 Å². The monoisotopic (exact) mass is 511 g/mol. The SMILES string of the molecule is O=C(Nc1cccnc1)Nc1ccc2c(c1)N/C(=C(\C(=O)c1ccccc1)C(=O)c1cc(F)cc(F)c1)N2. The van der Waals surface area contributed by atoms with Crippen molar-refractivity contribution in [3.8, 4) is 0 Å². The van der Waals surface area contributed by atoms with Gasteiger partial charge in [-0.3, -0.25) is 14.6 Å². The number of hydrogen-bond donors (Lipinski definition) is 4. The summed E-state index contributed by atoms with van der Waals surface area (Å²) in [5, 5.41) is 11.3. The maximum absolute atomic E-state index is 13.9. The Bertz CT molecular complexity index is 1570. The predicted octanol–water partition coefficient (Wildman–Crippen LogP) is 5.82. The van der Waals surface area contributed by atoms with E-state index >= 15 is 0 Å². The number of hydrogen-bond acceptors (Lipinski definition) is 6. The van der Waals surface area contributed by atoms with Gasteiger partial charge < -0.3 is 21.3 Å². The quantitative estimate of drug-likeness (QED) is 0.112. The zero-order chi connectivity index (χ0) is 26.6. The first-order valence-electron chi connectivity index (χ1n) is 11.4. The highest BCUT2D eigenvalue weighted by molar-refractivity contribution is 6.32. The summed E-state index contributed by atoms with van der Waals surface area (Å²) in [7, 11) is 0. The van der Waals surface area contributed by atoms with Crippen LogP contribution in [0.15, 0.2) is 103 Å². The fourth-order valence-corrected chi connectivity index (χ4v) is 3.88. The van der Waals surface area contributed by atoms with Crippen molar-refractivity contribution in [2.75, 3.05) is 21.3 Å². The summed E-state index contributed by atoms with van der Waals surface area (Å²) in [5.74, 6) is -3.35. The van der Waals surface area contributed by atoms with E-state index in [1.54, 1.807) is 54.7 Å². The molecule has 0 radical (unpaired) electrons. The van der Waals surface area contributed by atoms with Gasteiger partial charge in [0.05, 0.1) is 23.3 Å². The molecule has 0 aliphatic carbocycles. The molecule has 4 N–H and O–H groups in total. The van der Waals surface area contributed by atoms with Crippen molar-refractivity contribution in [2.45, 2.75) is 0 Å². The normalized spacial score (nSPS) is 13.0.